The van der Waals surface area contributed by atoms with Crippen molar-refractivity contribution in [2.75, 3.05) is 18.4 Å². The summed E-state index contributed by atoms with van der Waals surface area (Å²) in [6, 6.07) is 2.88. The molecule has 0 radical (unpaired) electrons. The number of pyridine rings is 1. The molecule has 1 aromatic rings. The number of nitrogens with zero attached hydrogens (tertiary/aromatic N) is 2. The molecule has 0 aromatic carbocycles. The third-order valence-electron chi connectivity index (χ3n) is 6.09. The molecule has 4 saturated carbocycles. The van der Waals surface area contributed by atoms with Crippen molar-refractivity contribution in [2.45, 2.75) is 44.1 Å². The standard InChI is InChI=1S/C18H25N5O3/c24-17(20-4-3-19-16-2-1-15(11-21-16)23(25)26)22-18-8-12-5-13(9-18)7-14(6-12)10-18/h1-2,11-14H,3-10H2,(H,19,21)(H2,20,22,24). The molecule has 2 amide bonds. The summed E-state index contributed by atoms with van der Waals surface area (Å²) in [6.45, 7) is 0.982. The molecule has 4 bridgehead atoms. The maximum absolute atomic E-state index is 12.3. The Bertz CT molecular complexity index is 655. The third kappa shape index (κ3) is 3.59. The van der Waals surface area contributed by atoms with Gasteiger partial charge in [-0.3, -0.25) is 10.1 Å². The lowest BCUT2D eigenvalue weighted by Crippen LogP contribution is -2.61. The van der Waals surface area contributed by atoms with E-state index in [9.17, 15) is 14.9 Å². The molecule has 8 heteroatoms. The number of aromatic nitrogens is 1. The van der Waals surface area contributed by atoms with Crippen LogP contribution in [0.5, 0.6) is 0 Å². The van der Waals surface area contributed by atoms with E-state index in [1.54, 1.807) is 6.07 Å². The first-order valence-corrected chi connectivity index (χ1v) is 9.42. The topological polar surface area (TPSA) is 109 Å². The minimum absolute atomic E-state index is 0.0200. The fourth-order valence-electron chi connectivity index (χ4n) is 5.51. The monoisotopic (exact) mass is 359 g/mol. The Morgan fingerprint density at radius 2 is 1.81 bits per heavy atom. The smallest absolute Gasteiger partial charge is 0.315 e. The lowest BCUT2D eigenvalue weighted by atomic mass is 9.53. The van der Waals surface area contributed by atoms with Gasteiger partial charge in [-0.15, -0.1) is 0 Å². The number of nitrogens with one attached hydrogen (secondary N) is 3. The first kappa shape index (κ1) is 17.1. The Hall–Kier alpha value is -2.38. The molecule has 26 heavy (non-hydrogen) atoms. The van der Waals surface area contributed by atoms with Gasteiger partial charge in [-0.2, -0.15) is 0 Å². The first-order chi connectivity index (χ1) is 12.5. The summed E-state index contributed by atoms with van der Waals surface area (Å²) in [7, 11) is 0. The maximum atomic E-state index is 12.3. The summed E-state index contributed by atoms with van der Waals surface area (Å²) < 4.78 is 0. The first-order valence-electron chi connectivity index (χ1n) is 9.42. The van der Waals surface area contributed by atoms with Crippen LogP contribution in [0, 0.1) is 27.9 Å². The molecule has 4 aliphatic rings. The molecule has 5 rings (SSSR count). The summed E-state index contributed by atoms with van der Waals surface area (Å²) in [6.07, 6.45) is 8.69. The van der Waals surface area contributed by atoms with Crippen molar-refractivity contribution in [1.82, 2.24) is 15.6 Å². The molecule has 4 fully saturated rings. The van der Waals surface area contributed by atoms with Crippen LogP contribution >= 0.6 is 0 Å². The van der Waals surface area contributed by atoms with E-state index in [-0.39, 0.29) is 17.3 Å². The molecular weight excluding hydrogens is 334 g/mol. The fraction of sp³-hybridized carbons (Fsp3) is 0.667. The molecule has 0 spiro atoms. The van der Waals surface area contributed by atoms with Crippen LogP contribution in [0.3, 0.4) is 0 Å². The Morgan fingerprint density at radius 1 is 1.15 bits per heavy atom. The second kappa shape index (κ2) is 6.74. The largest absolute Gasteiger partial charge is 0.368 e. The lowest BCUT2D eigenvalue weighted by Gasteiger charge is -2.56. The van der Waals surface area contributed by atoms with E-state index >= 15 is 0 Å². The Balaban J connectivity index is 1.20. The van der Waals surface area contributed by atoms with Gasteiger partial charge in [0, 0.05) is 24.7 Å². The Labute approximate surface area is 152 Å². The fourth-order valence-corrected chi connectivity index (χ4v) is 5.51. The summed E-state index contributed by atoms with van der Waals surface area (Å²) in [5.74, 6) is 2.96. The van der Waals surface area contributed by atoms with E-state index < -0.39 is 4.92 Å². The number of rotatable bonds is 6. The van der Waals surface area contributed by atoms with Crippen molar-refractivity contribution >= 4 is 17.5 Å². The molecule has 3 N–H and O–H groups in total. The molecule has 1 heterocycles. The van der Waals surface area contributed by atoms with Gasteiger partial charge >= 0.3 is 6.03 Å². The van der Waals surface area contributed by atoms with Crippen LogP contribution in [0.25, 0.3) is 0 Å². The minimum Gasteiger partial charge on any atom is -0.368 e. The number of hydrogen-bond donors (Lipinski definition) is 3. The zero-order chi connectivity index (χ0) is 18.1. The van der Waals surface area contributed by atoms with Gasteiger partial charge in [0.25, 0.3) is 5.69 Å². The van der Waals surface area contributed by atoms with E-state index in [1.807, 2.05) is 0 Å². The van der Waals surface area contributed by atoms with E-state index in [0.717, 1.165) is 37.0 Å². The van der Waals surface area contributed by atoms with E-state index in [2.05, 4.69) is 20.9 Å². The van der Waals surface area contributed by atoms with Crippen molar-refractivity contribution < 1.29 is 9.72 Å². The molecule has 140 valence electrons. The second-order valence-electron chi connectivity index (χ2n) is 8.16. The number of amides is 2. The summed E-state index contributed by atoms with van der Waals surface area (Å²) in [5.41, 5.74) is -0.0183. The van der Waals surface area contributed by atoms with Gasteiger partial charge < -0.3 is 16.0 Å². The van der Waals surface area contributed by atoms with Crippen LogP contribution in [0.15, 0.2) is 18.3 Å². The predicted octanol–water partition coefficient (Wildman–Crippen LogP) is 2.67. The Kier molecular flexibility index (Phi) is 4.42. The highest BCUT2D eigenvalue weighted by Crippen LogP contribution is 2.55. The molecule has 0 atom stereocenters. The van der Waals surface area contributed by atoms with Gasteiger partial charge in [-0.05, 0) is 62.3 Å². The molecule has 0 aliphatic heterocycles. The van der Waals surface area contributed by atoms with Crippen molar-refractivity contribution in [3.05, 3.63) is 28.4 Å². The molecule has 8 nitrogen and oxygen atoms in total. The van der Waals surface area contributed by atoms with Gasteiger partial charge in [0.15, 0.2) is 0 Å². The van der Waals surface area contributed by atoms with Crippen LogP contribution in [0.4, 0.5) is 16.3 Å². The average Bonchev–Trinajstić information content (AvgIpc) is 2.57. The van der Waals surface area contributed by atoms with Crippen molar-refractivity contribution in [1.29, 1.82) is 0 Å². The quantitative estimate of drug-likeness (QED) is 0.411. The van der Waals surface area contributed by atoms with Crippen LogP contribution in [-0.2, 0) is 0 Å². The highest BCUT2D eigenvalue weighted by Gasteiger charge is 2.51. The molecule has 4 aliphatic carbocycles. The number of carbonyl (C=O) groups is 1. The number of nitro groups is 1. The lowest BCUT2D eigenvalue weighted by molar-refractivity contribution is -0.385. The number of urea groups is 1. The normalized spacial score (nSPS) is 31.5. The SMILES string of the molecule is O=C(NCCNc1ccc([N+](=O)[O-])cn1)NC12CC3CC(CC(C3)C1)C2. The van der Waals surface area contributed by atoms with Crippen molar-refractivity contribution in [3.63, 3.8) is 0 Å². The van der Waals surface area contributed by atoms with Gasteiger partial charge in [-0.25, -0.2) is 9.78 Å². The second-order valence-corrected chi connectivity index (χ2v) is 8.16. The molecule has 1 aromatic heterocycles. The van der Waals surface area contributed by atoms with E-state index in [1.165, 1.54) is 31.5 Å². The summed E-state index contributed by atoms with van der Waals surface area (Å²) in [5, 5.41) is 19.8. The highest BCUT2D eigenvalue weighted by atomic mass is 16.6. The van der Waals surface area contributed by atoms with Crippen molar-refractivity contribution in [3.8, 4) is 0 Å². The highest BCUT2D eigenvalue weighted by molar-refractivity contribution is 5.75. The van der Waals surface area contributed by atoms with Crippen LogP contribution in [0.1, 0.15) is 38.5 Å². The van der Waals surface area contributed by atoms with Gasteiger partial charge in [-0.1, -0.05) is 0 Å². The number of anilines is 1. The molecular formula is C18H25N5O3. The zero-order valence-corrected chi connectivity index (χ0v) is 14.7. The summed E-state index contributed by atoms with van der Waals surface area (Å²) in [4.78, 5) is 26.4. The maximum Gasteiger partial charge on any atom is 0.315 e. The third-order valence-corrected chi connectivity index (χ3v) is 6.09. The van der Waals surface area contributed by atoms with Crippen LogP contribution in [0.2, 0.25) is 0 Å². The zero-order valence-electron chi connectivity index (χ0n) is 14.7. The number of hydrogen-bond acceptors (Lipinski definition) is 5. The predicted molar refractivity (Wildman–Crippen MR) is 96.8 cm³/mol. The Morgan fingerprint density at radius 3 is 2.35 bits per heavy atom. The summed E-state index contributed by atoms with van der Waals surface area (Å²) >= 11 is 0. The minimum atomic E-state index is -0.479. The van der Waals surface area contributed by atoms with Gasteiger partial charge in [0.1, 0.15) is 12.0 Å². The van der Waals surface area contributed by atoms with Crippen LogP contribution < -0.4 is 16.0 Å². The molecule has 0 saturated heterocycles. The van der Waals surface area contributed by atoms with Gasteiger partial charge in [0.2, 0.25) is 0 Å². The number of carbonyl (C=O) groups excluding carboxylic acids is 1. The van der Waals surface area contributed by atoms with E-state index in [4.69, 9.17) is 0 Å². The molecule has 0 unspecified atom stereocenters. The van der Waals surface area contributed by atoms with E-state index in [0.29, 0.717) is 18.9 Å². The van der Waals surface area contributed by atoms with Crippen LogP contribution in [-0.4, -0.2) is 34.6 Å². The van der Waals surface area contributed by atoms with Gasteiger partial charge in [0.05, 0.1) is 4.92 Å². The average molecular weight is 359 g/mol. The van der Waals surface area contributed by atoms with Crippen molar-refractivity contribution in [2.24, 2.45) is 17.8 Å².